The lowest BCUT2D eigenvalue weighted by molar-refractivity contribution is -0.384. The summed E-state index contributed by atoms with van der Waals surface area (Å²) in [5, 5.41) is 11.0. The minimum absolute atomic E-state index is 0.00535. The summed E-state index contributed by atoms with van der Waals surface area (Å²) in [5.74, 6) is 0.998. The van der Waals surface area contributed by atoms with Crippen molar-refractivity contribution in [1.29, 1.82) is 0 Å². The van der Waals surface area contributed by atoms with Crippen LogP contribution in [-0.4, -0.2) is 36.0 Å². The van der Waals surface area contributed by atoms with Crippen molar-refractivity contribution in [3.8, 4) is 11.5 Å². The molecule has 2 aromatic rings. The van der Waals surface area contributed by atoms with E-state index >= 15 is 0 Å². The predicted molar refractivity (Wildman–Crippen MR) is 95.7 cm³/mol. The Labute approximate surface area is 151 Å². The van der Waals surface area contributed by atoms with Crippen molar-refractivity contribution in [2.45, 2.75) is 19.4 Å². The van der Waals surface area contributed by atoms with Crippen molar-refractivity contribution in [3.05, 3.63) is 63.7 Å². The van der Waals surface area contributed by atoms with Crippen LogP contribution in [0.25, 0.3) is 0 Å². The van der Waals surface area contributed by atoms with Gasteiger partial charge in [0.15, 0.2) is 11.5 Å². The van der Waals surface area contributed by atoms with Crippen LogP contribution in [0.2, 0.25) is 0 Å². The second-order valence-corrected chi connectivity index (χ2v) is 6.16. The third kappa shape index (κ3) is 3.61. The molecule has 136 valence electrons. The number of rotatable bonds is 4. The van der Waals surface area contributed by atoms with Gasteiger partial charge in [-0.2, -0.15) is 0 Å². The first kappa shape index (κ1) is 17.7. The van der Waals surface area contributed by atoms with Crippen LogP contribution in [0.15, 0.2) is 42.5 Å². The number of nitro groups is 1. The molecule has 0 spiro atoms. The SMILES string of the molecule is C[C@@H](c1cccc([N+](=O)[O-])c1)N(C)C(=O)c1ccc2c(c1)OCCCO2. The fourth-order valence-electron chi connectivity index (χ4n) is 2.80. The van der Waals surface area contributed by atoms with Crippen molar-refractivity contribution >= 4 is 11.6 Å². The standard InChI is InChI=1S/C19H20N2O5/c1-13(14-5-3-6-16(11-14)21(23)24)20(2)19(22)15-7-8-17-18(12-15)26-10-4-9-25-17/h3,5-8,11-13H,4,9-10H2,1-2H3/t13-/m0/s1. The van der Waals surface area contributed by atoms with Crippen LogP contribution in [-0.2, 0) is 0 Å². The Morgan fingerprint density at radius 2 is 1.88 bits per heavy atom. The van der Waals surface area contributed by atoms with E-state index in [1.807, 2.05) is 6.92 Å². The molecule has 0 saturated heterocycles. The molecule has 2 aromatic carbocycles. The first-order valence-corrected chi connectivity index (χ1v) is 8.38. The van der Waals surface area contributed by atoms with E-state index in [1.165, 1.54) is 12.1 Å². The lowest BCUT2D eigenvalue weighted by atomic mass is 10.1. The number of carbonyl (C=O) groups excluding carboxylic acids is 1. The normalized spacial score (nSPS) is 14.2. The average Bonchev–Trinajstić information content (AvgIpc) is 2.91. The minimum atomic E-state index is -0.443. The summed E-state index contributed by atoms with van der Waals surface area (Å²) in [4.78, 5) is 24.9. The van der Waals surface area contributed by atoms with E-state index in [0.29, 0.717) is 35.8 Å². The third-order valence-electron chi connectivity index (χ3n) is 4.46. The Kier molecular flexibility index (Phi) is 5.06. The zero-order valence-electron chi connectivity index (χ0n) is 14.7. The number of hydrogen-bond acceptors (Lipinski definition) is 5. The Morgan fingerprint density at radius 1 is 1.15 bits per heavy atom. The van der Waals surface area contributed by atoms with Crippen LogP contribution in [0.5, 0.6) is 11.5 Å². The monoisotopic (exact) mass is 356 g/mol. The van der Waals surface area contributed by atoms with E-state index in [-0.39, 0.29) is 17.6 Å². The maximum Gasteiger partial charge on any atom is 0.269 e. The molecular weight excluding hydrogens is 336 g/mol. The van der Waals surface area contributed by atoms with E-state index in [4.69, 9.17) is 9.47 Å². The minimum Gasteiger partial charge on any atom is -0.490 e. The molecule has 1 aliphatic rings. The van der Waals surface area contributed by atoms with Gasteiger partial charge in [-0.3, -0.25) is 14.9 Å². The molecule has 1 heterocycles. The van der Waals surface area contributed by atoms with Crippen molar-refractivity contribution in [2.24, 2.45) is 0 Å². The second-order valence-electron chi connectivity index (χ2n) is 6.16. The molecule has 0 unspecified atom stereocenters. The molecule has 7 nitrogen and oxygen atoms in total. The summed E-state index contributed by atoms with van der Waals surface area (Å²) in [7, 11) is 1.68. The molecule has 0 bridgehead atoms. The molecule has 1 amide bonds. The van der Waals surface area contributed by atoms with Gasteiger partial charge in [-0.05, 0) is 30.7 Å². The van der Waals surface area contributed by atoms with Gasteiger partial charge in [-0.25, -0.2) is 0 Å². The zero-order chi connectivity index (χ0) is 18.7. The van der Waals surface area contributed by atoms with Crippen LogP contribution in [0, 0.1) is 10.1 Å². The van der Waals surface area contributed by atoms with Gasteiger partial charge >= 0.3 is 0 Å². The lowest BCUT2D eigenvalue weighted by Crippen LogP contribution is -2.29. The molecule has 3 rings (SSSR count). The topological polar surface area (TPSA) is 81.9 Å². The van der Waals surface area contributed by atoms with Crippen LogP contribution < -0.4 is 9.47 Å². The number of nitrogens with zero attached hydrogens (tertiary/aromatic N) is 2. The molecule has 1 aliphatic heterocycles. The molecule has 7 heteroatoms. The van der Waals surface area contributed by atoms with Crippen molar-refractivity contribution < 1.29 is 19.2 Å². The number of fused-ring (bicyclic) bond motifs is 1. The van der Waals surface area contributed by atoms with Gasteiger partial charge < -0.3 is 14.4 Å². The highest BCUT2D eigenvalue weighted by Crippen LogP contribution is 2.32. The van der Waals surface area contributed by atoms with E-state index in [0.717, 1.165) is 6.42 Å². The molecule has 26 heavy (non-hydrogen) atoms. The summed E-state index contributed by atoms with van der Waals surface area (Å²) < 4.78 is 11.2. The largest absolute Gasteiger partial charge is 0.490 e. The summed E-state index contributed by atoms with van der Waals surface area (Å²) in [6, 6.07) is 11.1. The molecular formula is C19H20N2O5. The fourth-order valence-corrected chi connectivity index (χ4v) is 2.80. The molecule has 0 aliphatic carbocycles. The summed E-state index contributed by atoms with van der Waals surface area (Å²) in [5.41, 5.74) is 1.18. The van der Waals surface area contributed by atoms with Crippen molar-refractivity contribution in [3.63, 3.8) is 0 Å². The van der Waals surface area contributed by atoms with Gasteiger partial charge in [0.1, 0.15) is 0 Å². The smallest absolute Gasteiger partial charge is 0.269 e. The number of carbonyl (C=O) groups is 1. The van der Waals surface area contributed by atoms with Crippen LogP contribution >= 0.6 is 0 Å². The van der Waals surface area contributed by atoms with Crippen LogP contribution in [0.1, 0.15) is 35.3 Å². The number of non-ortho nitro benzene ring substituents is 1. The quantitative estimate of drug-likeness (QED) is 0.618. The predicted octanol–water partition coefficient (Wildman–Crippen LogP) is 3.59. The van der Waals surface area contributed by atoms with Gasteiger partial charge in [0.2, 0.25) is 0 Å². The molecule has 0 N–H and O–H groups in total. The molecule has 1 atom stereocenters. The average molecular weight is 356 g/mol. The highest BCUT2D eigenvalue weighted by molar-refractivity contribution is 5.95. The Hall–Kier alpha value is -3.09. The molecule has 0 aromatic heterocycles. The zero-order valence-corrected chi connectivity index (χ0v) is 14.7. The first-order chi connectivity index (χ1) is 12.5. The fraction of sp³-hybridized carbons (Fsp3) is 0.316. The van der Waals surface area contributed by atoms with Crippen LogP contribution in [0.3, 0.4) is 0 Å². The number of hydrogen-bond donors (Lipinski definition) is 0. The Bertz CT molecular complexity index is 836. The summed E-state index contributed by atoms with van der Waals surface area (Å²) >= 11 is 0. The number of benzene rings is 2. The molecule has 0 fully saturated rings. The summed E-state index contributed by atoms with van der Waals surface area (Å²) in [6.07, 6.45) is 0.793. The van der Waals surface area contributed by atoms with E-state index < -0.39 is 4.92 Å². The summed E-state index contributed by atoms with van der Waals surface area (Å²) in [6.45, 7) is 2.97. The van der Waals surface area contributed by atoms with E-state index in [2.05, 4.69) is 0 Å². The van der Waals surface area contributed by atoms with Crippen LogP contribution in [0.4, 0.5) is 5.69 Å². The van der Waals surface area contributed by atoms with Gasteiger partial charge in [0.05, 0.1) is 24.2 Å². The molecule has 0 radical (unpaired) electrons. The Balaban J connectivity index is 1.82. The van der Waals surface area contributed by atoms with Crippen molar-refractivity contribution in [1.82, 2.24) is 4.90 Å². The van der Waals surface area contributed by atoms with Gasteiger partial charge in [0.25, 0.3) is 11.6 Å². The van der Waals surface area contributed by atoms with Crippen molar-refractivity contribution in [2.75, 3.05) is 20.3 Å². The highest BCUT2D eigenvalue weighted by atomic mass is 16.6. The number of ether oxygens (including phenoxy) is 2. The van der Waals surface area contributed by atoms with E-state index in [9.17, 15) is 14.9 Å². The maximum absolute atomic E-state index is 12.8. The van der Waals surface area contributed by atoms with Gasteiger partial charge in [-0.15, -0.1) is 0 Å². The maximum atomic E-state index is 12.8. The van der Waals surface area contributed by atoms with Gasteiger partial charge in [0, 0.05) is 31.2 Å². The molecule has 0 saturated carbocycles. The third-order valence-corrected chi connectivity index (χ3v) is 4.46. The van der Waals surface area contributed by atoms with E-state index in [1.54, 1.807) is 42.3 Å². The second kappa shape index (κ2) is 7.43. The Morgan fingerprint density at radius 3 is 2.62 bits per heavy atom. The lowest BCUT2D eigenvalue weighted by Gasteiger charge is -2.25. The highest BCUT2D eigenvalue weighted by Gasteiger charge is 2.22. The first-order valence-electron chi connectivity index (χ1n) is 8.38. The number of amides is 1. The number of nitro benzene ring substituents is 1. The van der Waals surface area contributed by atoms with Gasteiger partial charge in [-0.1, -0.05) is 12.1 Å².